The topological polar surface area (TPSA) is 129 Å². The van der Waals surface area contributed by atoms with Crippen molar-refractivity contribution in [1.82, 2.24) is 15.6 Å². The van der Waals surface area contributed by atoms with E-state index in [0.717, 1.165) is 38.5 Å². The number of amides is 2. The second kappa shape index (κ2) is 28.6. The van der Waals surface area contributed by atoms with Crippen molar-refractivity contribution in [2.24, 2.45) is 5.92 Å². The molecule has 0 spiro atoms. The molecule has 0 bridgehead atoms. The van der Waals surface area contributed by atoms with E-state index in [1.807, 2.05) is 19.9 Å². The molecule has 1 heterocycles. The quantitative estimate of drug-likeness (QED) is 0.0320. The van der Waals surface area contributed by atoms with Crippen LogP contribution in [0.1, 0.15) is 88.9 Å². The predicted octanol–water partition coefficient (Wildman–Crippen LogP) is 7.49. The number of hydrogen-bond acceptors (Lipinski definition) is 8. The summed E-state index contributed by atoms with van der Waals surface area (Å²) in [5.74, 6) is -0.737. The zero-order chi connectivity index (χ0) is 36.0. The van der Waals surface area contributed by atoms with Crippen molar-refractivity contribution in [2.75, 3.05) is 25.5 Å². The summed E-state index contributed by atoms with van der Waals surface area (Å²) in [5, 5.41) is 24.5. The number of nitrogens with one attached hydrogen (secondary N) is 2. The lowest BCUT2D eigenvalue weighted by atomic mass is 9.87. The van der Waals surface area contributed by atoms with E-state index >= 15 is 0 Å². The molecule has 1 aromatic rings. The van der Waals surface area contributed by atoms with Crippen LogP contribution in [-0.4, -0.2) is 69.1 Å². The maximum absolute atomic E-state index is 13.2. The van der Waals surface area contributed by atoms with Gasteiger partial charge in [0, 0.05) is 47.8 Å². The molecule has 0 saturated heterocycles. The van der Waals surface area contributed by atoms with Crippen LogP contribution in [0.3, 0.4) is 0 Å². The Hall–Kier alpha value is -3.18. The molecule has 4 N–H and O–H groups in total. The molecule has 1 aromatic heterocycles. The Labute approximate surface area is 302 Å². The van der Waals surface area contributed by atoms with E-state index in [9.17, 15) is 24.6 Å². The lowest BCUT2D eigenvalue weighted by Gasteiger charge is -2.33. The highest BCUT2D eigenvalue weighted by Crippen LogP contribution is 2.42. The van der Waals surface area contributed by atoms with Crippen LogP contribution in [0.4, 0.5) is 0 Å². The van der Waals surface area contributed by atoms with Gasteiger partial charge in [-0.25, -0.2) is 0 Å². The van der Waals surface area contributed by atoms with Gasteiger partial charge in [-0.3, -0.25) is 19.4 Å². The monoisotopic (exact) mass is 711 g/mol. The Balaban J connectivity index is 2.30. The third-order valence-corrected chi connectivity index (χ3v) is 10.6. The fourth-order valence-corrected chi connectivity index (χ4v) is 7.00. The summed E-state index contributed by atoms with van der Waals surface area (Å²) in [6.45, 7) is 5.59. The number of hydrogen-bond donors (Lipinski definition) is 4. The molecule has 0 unspecified atom stereocenters. The van der Waals surface area contributed by atoms with E-state index in [1.54, 1.807) is 18.3 Å². The number of carbonyl (C=O) groups is 3. The molecule has 0 aromatic carbocycles. The van der Waals surface area contributed by atoms with Crippen molar-refractivity contribution >= 4 is 39.2 Å². The number of allylic oxidation sites excluding steroid dienone is 12. The van der Waals surface area contributed by atoms with E-state index in [1.165, 1.54) is 27.8 Å². The second-order valence-corrected chi connectivity index (χ2v) is 14.9. The first kappa shape index (κ1) is 43.8. The molecule has 0 radical (unpaired) electrons. The molecule has 270 valence electrons. The number of carbonyl (C=O) groups excluding carboxylic acids is 3. The summed E-state index contributed by atoms with van der Waals surface area (Å²) >= 11 is 0. The Kier molecular flexibility index (Phi) is 25.6. The van der Waals surface area contributed by atoms with E-state index in [2.05, 4.69) is 89.4 Å². The summed E-state index contributed by atoms with van der Waals surface area (Å²) < 4.78 is -0.665. The highest BCUT2D eigenvalue weighted by Gasteiger charge is 2.38. The molecule has 1 rings (SSSR count). The highest BCUT2D eigenvalue weighted by molar-refractivity contribution is 8.77. The van der Waals surface area contributed by atoms with Gasteiger partial charge in [0.1, 0.15) is 0 Å². The van der Waals surface area contributed by atoms with Crippen LogP contribution in [-0.2, 0) is 9.59 Å². The summed E-state index contributed by atoms with van der Waals surface area (Å²) in [7, 11) is 2.99. The van der Waals surface area contributed by atoms with Gasteiger partial charge in [0.05, 0.1) is 25.2 Å². The zero-order valence-electron chi connectivity index (χ0n) is 29.5. The molecular formula is C39H57N3O5S2. The molecule has 2 amide bonds. The standard InChI is InChI=1S/C39H57N3O5S2/c1-4-5-6-7-8-9-10-11-12-13-14-15-16-17-18-19-20-21-22-25-37(46)41-27-28-48-49-39(2,3)35(38(47)42-34(31-43)32-44)29-36(45)33-24-23-26-40-30-33/h5-6,8-9,11-12,14-15,17-18,20-21,23-24,26,30,34-35,43-44H,4,7,10,13,16,19,22,25,27-29,31-32H2,1-3H3,(H,41,46)(H,42,47)/b6-5-,9-8-,12-11-,15-14-,18-17-,21-20-/t35-/m0/s1. The molecule has 0 aliphatic carbocycles. The minimum Gasteiger partial charge on any atom is -0.394 e. The van der Waals surface area contributed by atoms with Crippen molar-refractivity contribution in [1.29, 1.82) is 0 Å². The van der Waals surface area contributed by atoms with E-state index in [-0.39, 0.29) is 18.1 Å². The molecule has 0 fully saturated rings. The fourth-order valence-electron chi connectivity index (χ4n) is 4.36. The molecule has 49 heavy (non-hydrogen) atoms. The lowest BCUT2D eigenvalue weighted by molar-refractivity contribution is -0.127. The average Bonchev–Trinajstić information content (AvgIpc) is 3.10. The number of ketones is 1. The van der Waals surface area contributed by atoms with Crippen molar-refractivity contribution in [3.05, 3.63) is 103 Å². The molecule has 0 aliphatic heterocycles. The Morgan fingerprint density at radius 2 is 1.41 bits per heavy atom. The molecule has 10 heteroatoms. The number of aromatic nitrogens is 1. The summed E-state index contributed by atoms with van der Waals surface area (Å²) in [6.07, 6.45) is 35.8. The maximum Gasteiger partial charge on any atom is 0.225 e. The highest BCUT2D eigenvalue weighted by atomic mass is 33.1. The Bertz CT molecular complexity index is 1240. The minimum atomic E-state index is -0.805. The number of aliphatic hydroxyl groups is 2. The van der Waals surface area contributed by atoms with Gasteiger partial charge in [-0.05, 0) is 70.9 Å². The normalized spacial score (nSPS) is 13.3. The number of rotatable bonds is 27. The largest absolute Gasteiger partial charge is 0.394 e. The summed E-state index contributed by atoms with van der Waals surface area (Å²) in [5.41, 5.74) is 0.418. The van der Waals surface area contributed by atoms with Gasteiger partial charge in [0.25, 0.3) is 0 Å². The molecule has 8 nitrogen and oxygen atoms in total. The van der Waals surface area contributed by atoms with Gasteiger partial charge in [-0.2, -0.15) is 0 Å². The zero-order valence-corrected chi connectivity index (χ0v) is 31.1. The predicted molar refractivity (Wildman–Crippen MR) is 207 cm³/mol. The van der Waals surface area contributed by atoms with Crippen LogP contribution in [0, 0.1) is 5.92 Å². The first-order chi connectivity index (χ1) is 23.7. The van der Waals surface area contributed by atoms with Gasteiger partial charge in [-0.1, -0.05) is 101 Å². The summed E-state index contributed by atoms with van der Waals surface area (Å²) in [6, 6.07) is 2.53. The van der Waals surface area contributed by atoms with Crippen LogP contribution >= 0.6 is 21.6 Å². The van der Waals surface area contributed by atoms with Gasteiger partial charge in [0.2, 0.25) is 11.8 Å². The number of pyridine rings is 1. The lowest BCUT2D eigenvalue weighted by Crippen LogP contribution is -2.48. The van der Waals surface area contributed by atoms with Crippen LogP contribution < -0.4 is 10.6 Å². The first-order valence-electron chi connectivity index (χ1n) is 17.2. The molecule has 1 atom stereocenters. The molecule has 0 aliphatic rings. The molecule has 0 saturated carbocycles. The smallest absolute Gasteiger partial charge is 0.225 e. The third-order valence-electron chi connectivity index (χ3n) is 7.23. The van der Waals surface area contributed by atoms with E-state index in [0.29, 0.717) is 30.7 Å². The van der Waals surface area contributed by atoms with Crippen molar-refractivity contribution < 1.29 is 24.6 Å². The minimum absolute atomic E-state index is 0.0113. The van der Waals surface area contributed by atoms with Crippen LogP contribution in [0.15, 0.2) is 97.4 Å². The number of aliphatic hydroxyl groups excluding tert-OH is 2. The van der Waals surface area contributed by atoms with Crippen molar-refractivity contribution in [3.8, 4) is 0 Å². The molecular weight excluding hydrogens is 655 g/mol. The van der Waals surface area contributed by atoms with Crippen molar-refractivity contribution in [3.63, 3.8) is 0 Å². The Morgan fingerprint density at radius 1 is 0.857 bits per heavy atom. The van der Waals surface area contributed by atoms with Crippen LogP contribution in [0.25, 0.3) is 0 Å². The third kappa shape index (κ3) is 22.2. The second-order valence-electron chi connectivity index (χ2n) is 11.8. The SMILES string of the molecule is CC/C=C\C/C=C\C/C=C\C/C=C\C/C=C\C/C=C\CCC(=O)NCCSSC(C)(C)[C@@H](CC(=O)c1cccnc1)C(=O)NC(CO)CO. The van der Waals surface area contributed by atoms with Gasteiger partial charge in [0.15, 0.2) is 5.78 Å². The fraction of sp³-hybridized carbons (Fsp3) is 0.487. The van der Waals surface area contributed by atoms with Gasteiger partial charge >= 0.3 is 0 Å². The van der Waals surface area contributed by atoms with Crippen LogP contribution in [0.5, 0.6) is 0 Å². The van der Waals surface area contributed by atoms with Crippen LogP contribution in [0.2, 0.25) is 0 Å². The van der Waals surface area contributed by atoms with Gasteiger partial charge in [-0.15, -0.1) is 0 Å². The number of Topliss-reactive ketones (excluding diaryl/α,β-unsaturated/α-hetero) is 1. The van der Waals surface area contributed by atoms with E-state index < -0.39 is 35.8 Å². The first-order valence-corrected chi connectivity index (χ1v) is 19.5. The van der Waals surface area contributed by atoms with E-state index in [4.69, 9.17) is 0 Å². The average molecular weight is 712 g/mol. The Morgan fingerprint density at radius 3 is 1.92 bits per heavy atom. The van der Waals surface area contributed by atoms with Crippen molar-refractivity contribution in [2.45, 2.75) is 89.3 Å². The summed E-state index contributed by atoms with van der Waals surface area (Å²) in [4.78, 5) is 42.4. The van der Waals surface area contributed by atoms with Gasteiger partial charge < -0.3 is 20.8 Å². The number of nitrogens with zero attached hydrogens (tertiary/aromatic N) is 1. The maximum atomic E-state index is 13.2.